The van der Waals surface area contributed by atoms with Gasteiger partial charge in [-0.2, -0.15) is 0 Å². The highest BCUT2D eigenvalue weighted by atomic mass is 32.1. The molecular formula is C22H18FNO3S. The number of amides is 1. The first-order valence-corrected chi connectivity index (χ1v) is 9.49. The SMILES string of the molecule is CCOC(=O)c1cc(-c2ccccc2)sc1NC(=O)/C=C/c1cccc(F)c1. The summed E-state index contributed by atoms with van der Waals surface area (Å²) >= 11 is 1.29. The highest BCUT2D eigenvalue weighted by Gasteiger charge is 2.19. The molecule has 0 saturated heterocycles. The van der Waals surface area contributed by atoms with Crippen LogP contribution in [0.15, 0.2) is 66.7 Å². The fourth-order valence-corrected chi connectivity index (χ4v) is 3.58. The van der Waals surface area contributed by atoms with E-state index in [2.05, 4.69) is 5.32 Å². The molecule has 1 aromatic heterocycles. The number of ether oxygens (including phenoxy) is 1. The summed E-state index contributed by atoms with van der Waals surface area (Å²) in [5, 5.41) is 3.13. The third kappa shape index (κ3) is 4.92. The van der Waals surface area contributed by atoms with Crippen LogP contribution in [0.4, 0.5) is 9.39 Å². The monoisotopic (exact) mass is 395 g/mol. The lowest BCUT2D eigenvalue weighted by atomic mass is 10.1. The van der Waals surface area contributed by atoms with Crippen molar-refractivity contribution in [1.82, 2.24) is 0 Å². The van der Waals surface area contributed by atoms with Gasteiger partial charge in [0.15, 0.2) is 0 Å². The van der Waals surface area contributed by atoms with Crippen molar-refractivity contribution >= 4 is 34.3 Å². The van der Waals surface area contributed by atoms with Crippen molar-refractivity contribution < 1.29 is 18.7 Å². The van der Waals surface area contributed by atoms with E-state index in [0.29, 0.717) is 16.1 Å². The van der Waals surface area contributed by atoms with Gasteiger partial charge in [-0.3, -0.25) is 4.79 Å². The van der Waals surface area contributed by atoms with E-state index in [4.69, 9.17) is 4.74 Å². The Morgan fingerprint density at radius 3 is 2.61 bits per heavy atom. The second-order valence-electron chi connectivity index (χ2n) is 5.82. The molecule has 142 valence electrons. The molecule has 0 atom stereocenters. The van der Waals surface area contributed by atoms with E-state index in [0.717, 1.165) is 10.4 Å². The van der Waals surface area contributed by atoms with Gasteiger partial charge in [0.2, 0.25) is 5.91 Å². The number of benzene rings is 2. The molecule has 0 saturated carbocycles. The predicted octanol–water partition coefficient (Wildman–Crippen LogP) is 5.38. The Hall–Kier alpha value is -3.25. The Balaban J connectivity index is 1.84. The standard InChI is InChI=1S/C22H18FNO3S/c1-2-27-22(26)18-14-19(16-8-4-3-5-9-16)28-21(18)24-20(25)12-11-15-7-6-10-17(23)13-15/h3-14H,2H2,1H3,(H,24,25)/b12-11+. The van der Waals surface area contributed by atoms with Crippen LogP contribution in [-0.2, 0) is 9.53 Å². The molecule has 0 bridgehead atoms. The van der Waals surface area contributed by atoms with Gasteiger partial charge in [-0.05, 0) is 42.3 Å². The summed E-state index contributed by atoms with van der Waals surface area (Å²) in [5.41, 5.74) is 1.81. The zero-order chi connectivity index (χ0) is 19.9. The Kier molecular flexibility index (Phi) is 6.34. The van der Waals surface area contributed by atoms with E-state index in [9.17, 15) is 14.0 Å². The maximum Gasteiger partial charge on any atom is 0.341 e. The average Bonchev–Trinajstić information content (AvgIpc) is 3.11. The van der Waals surface area contributed by atoms with Crippen molar-refractivity contribution in [2.45, 2.75) is 6.92 Å². The Morgan fingerprint density at radius 1 is 1.11 bits per heavy atom. The Labute approximate surface area is 166 Å². The molecule has 1 amide bonds. The van der Waals surface area contributed by atoms with Crippen LogP contribution in [0.3, 0.4) is 0 Å². The molecule has 3 rings (SSSR count). The minimum atomic E-state index is -0.495. The maximum absolute atomic E-state index is 13.2. The number of hydrogen-bond donors (Lipinski definition) is 1. The van der Waals surface area contributed by atoms with E-state index in [-0.39, 0.29) is 12.4 Å². The number of rotatable bonds is 6. The lowest BCUT2D eigenvalue weighted by Gasteiger charge is -2.03. The molecule has 3 aromatic rings. The molecule has 0 spiro atoms. The molecule has 0 unspecified atom stereocenters. The highest BCUT2D eigenvalue weighted by Crippen LogP contribution is 2.36. The van der Waals surface area contributed by atoms with Crippen molar-refractivity contribution in [3.63, 3.8) is 0 Å². The third-order valence-corrected chi connectivity index (χ3v) is 4.90. The second kappa shape index (κ2) is 9.10. The third-order valence-electron chi connectivity index (χ3n) is 3.80. The van der Waals surface area contributed by atoms with Crippen LogP contribution >= 0.6 is 11.3 Å². The summed E-state index contributed by atoms with van der Waals surface area (Å²) in [5.74, 6) is -1.29. The zero-order valence-corrected chi connectivity index (χ0v) is 16.0. The second-order valence-corrected chi connectivity index (χ2v) is 6.87. The normalized spacial score (nSPS) is 10.8. The maximum atomic E-state index is 13.2. The van der Waals surface area contributed by atoms with Crippen LogP contribution in [-0.4, -0.2) is 18.5 Å². The first-order valence-electron chi connectivity index (χ1n) is 8.68. The zero-order valence-electron chi connectivity index (χ0n) is 15.1. The van der Waals surface area contributed by atoms with Gasteiger partial charge in [-0.15, -0.1) is 11.3 Å². The largest absolute Gasteiger partial charge is 0.462 e. The van der Waals surface area contributed by atoms with Gasteiger partial charge in [0.25, 0.3) is 0 Å². The van der Waals surface area contributed by atoms with Gasteiger partial charge in [0, 0.05) is 11.0 Å². The minimum Gasteiger partial charge on any atom is -0.462 e. The number of halogens is 1. The molecule has 1 heterocycles. The number of esters is 1. The van der Waals surface area contributed by atoms with Crippen LogP contribution in [0.25, 0.3) is 16.5 Å². The van der Waals surface area contributed by atoms with E-state index in [1.54, 1.807) is 25.1 Å². The van der Waals surface area contributed by atoms with Crippen LogP contribution in [0, 0.1) is 5.82 Å². The number of thiophene rings is 1. The van der Waals surface area contributed by atoms with Crippen molar-refractivity contribution in [3.8, 4) is 10.4 Å². The number of anilines is 1. The molecule has 6 heteroatoms. The van der Waals surface area contributed by atoms with Crippen molar-refractivity contribution in [2.75, 3.05) is 11.9 Å². The molecular weight excluding hydrogens is 377 g/mol. The summed E-state index contributed by atoms with van der Waals surface area (Å²) in [4.78, 5) is 25.4. The molecule has 0 radical (unpaired) electrons. The van der Waals surface area contributed by atoms with Gasteiger partial charge in [-0.25, -0.2) is 9.18 Å². The Morgan fingerprint density at radius 2 is 1.89 bits per heavy atom. The van der Waals surface area contributed by atoms with Crippen LogP contribution in [0.2, 0.25) is 0 Å². The van der Waals surface area contributed by atoms with Gasteiger partial charge in [-0.1, -0.05) is 42.5 Å². The number of carbonyl (C=O) groups is 2. The smallest absolute Gasteiger partial charge is 0.341 e. The van der Waals surface area contributed by atoms with E-state index < -0.39 is 11.9 Å². The quantitative estimate of drug-likeness (QED) is 0.450. The fraction of sp³-hybridized carbons (Fsp3) is 0.0909. The summed E-state index contributed by atoms with van der Waals surface area (Å²) < 4.78 is 18.3. The molecule has 0 aliphatic heterocycles. The Bertz CT molecular complexity index is 1010. The summed E-state index contributed by atoms with van der Waals surface area (Å²) in [7, 11) is 0. The minimum absolute atomic E-state index is 0.238. The van der Waals surface area contributed by atoms with Crippen molar-refractivity contribution in [3.05, 3.63) is 83.7 Å². The van der Waals surface area contributed by atoms with Crippen LogP contribution in [0.5, 0.6) is 0 Å². The lowest BCUT2D eigenvalue weighted by molar-refractivity contribution is -0.111. The first-order chi connectivity index (χ1) is 13.6. The van der Waals surface area contributed by atoms with Gasteiger partial charge in [0.1, 0.15) is 10.8 Å². The van der Waals surface area contributed by atoms with E-state index in [1.807, 2.05) is 30.3 Å². The molecule has 2 aromatic carbocycles. The van der Waals surface area contributed by atoms with Crippen molar-refractivity contribution in [2.24, 2.45) is 0 Å². The van der Waals surface area contributed by atoms with Crippen LogP contribution < -0.4 is 5.32 Å². The highest BCUT2D eigenvalue weighted by molar-refractivity contribution is 7.20. The summed E-state index contributed by atoms with van der Waals surface area (Å²) in [6.45, 7) is 1.96. The first kappa shape index (κ1) is 19.5. The molecule has 4 nitrogen and oxygen atoms in total. The predicted molar refractivity (Wildman–Crippen MR) is 110 cm³/mol. The van der Waals surface area contributed by atoms with E-state index in [1.165, 1.54) is 35.6 Å². The summed E-state index contributed by atoms with van der Waals surface area (Å²) in [6, 6.07) is 17.2. The average molecular weight is 395 g/mol. The number of hydrogen-bond acceptors (Lipinski definition) is 4. The number of carbonyl (C=O) groups excluding carboxylic acids is 2. The molecule has 0 aliphatic carbocycles. The van der Waals surface area contributed by atoms with Gasteiger partial charge in [0.05, 0.1) is 12.2 Å². The lowest BCUT2D eigenvalue weighted by Crippen LogP contribution is -2.11. The summed E-state index contributed by atoms with van der Waals surface area (Å²) in [6.07, 6.45) is 2.81. The topological polar surface area (TPSA) is 55.4 Å². The number of nitrogens with one attached hydrogen (secondary N) is 1. The fourth-order valence-electron chi connectivity index (χ4n) is 2.52. The van der Waals surface area contributed by atoms with Crippen LogP contribution in [0.1, 0.15) is 22.8 Å². The molecule has 0 fully saturated rings. The molecule has 1 N–H and O–H groups in total. The molecule has 0 aliphatic rings. The van der Waals surface area contributed by atoms with Gasteiger partial charge < -0.3 is 10.1 Å². The van der Waals surface area contributed by atoms with E-state index >= 15 is 0 Å². The van der Waals surface area contributed by atoms with Gasteiger partial charge >= 0.3 is 5.97 Å². The molecule has 28 heavy (non-hydrogen) atoms. The van der Waals surface area contributed by atoms with Crippen molar-refractivity contribution in [1.29, 1.82) is 0 Å².